The number of rotatable bonds is 1. The summed E-state index contributed by atoms with van der Waals surface area (Å²) in [5, 5.41) is 11.6. The summed E-state index contributed by atoms with van der Waals surface area (Å²) in [5.74, 6) is 0. The van der Waals surface area contributed by atoms with E-state index in [1.807, 2.05) is 32.9 Å². The van der Waals surface area contributed by atoms with Gasteiger partial charge in [0.1, 0.15) is 6.07 Å². The van der Waals surface area contributed by atoms with Crippen LogP contribution >= 0.6 is 0 Å². The first kappa shape index (κ1) is 11.4. The van der Waals surface area contributed by atoms with Crippen molar-refractivity contribution in [3.63, 3.8) is 0 Å². The molecule has 1 aromatic heterocycles. The van der Waals surface area contributed by atoms with Gasteiger partial charge in [-0.25, -0.2) is 4.98 Å². The maximum Gasteiger partial charge on any atom is 0.163 e. The Kier molecular flexibility index (Phi) is 5.29. The van der Waals surface area contributed by atoms with Gasteiger partial charge in [-0.1, -0.05) is 13.8 Å². The van der Waals surface area contributed by atoms with E-state index < -0.39 is 0 Å². The molecule has 0 amide bonds. The first-order valence-electron chi connectivity index (χ1n) is 4.33. The maximum atomic E-state index is 8.62. The van der Waals surface area contributed by atoms with Crippen molar-refractivity contribution in [2.45, 2.75) is 20.8 Å². The predicted molar refractivity (Wildman–Crippen MR) is 54.6 cm³/mol. The van der Waals surface area contributed by atoms with E-state index in [9.17, 15) is 0 Å². The molecule has 0 bridgehead atoms. The summed E-state index contributed by atoms with van der Waals surface area (Å²) >= 11 is 0. The van der Waals surface area contributed by atoms with Gasteiger partial charge in [-0.2, -0.15) is 5.26 Å². The molecule has 0 fully saturated rings. The number of nitrogens with zero attached hydrogens (tertiary/aromatic N) is 2. The molecular weight excluding hydrogens is 162 g/mol. The number of hydrogen-bond donors (Lipinski definition) is 1. The Bertz CT molecular complexity index is 300. The third-order valence-corrected chi connectivity index (χ3v) is 1.52. The third-order valence-electron chi connectivity index (χ3n) is 1.52. The Balaban J connectivity index is 0.000000671. The highest BCUT2D eigenvalue weighted by Crippen LogP contribution is 2.15. The largest absolute Gasteiger partial charge is 0.386 e. The smallest absolute Gasteiger partial charge is 0.163 e. The molecule has 1 aromatic rings. The van der Waals surface area contributed by atoms with E-state index in [-0.39, 0.29) is 0 Å². The first-order valence-corrected chi connectivity index (χ1v) is 4.33. The highest BCUT2D eigenvalue weighted by Gasteiger charge is 2.02. The van der Waals surface area contributed by atoms with Gasteiger partial charge >= 0.3 is 0 Å². The average molecular weight is 177 g/mol. The van der Waals surface area contributed by atoms with Gasteiger partial charge < -0.3 is 5.32 Å². The highest BCUT2D eigenvalue weighted by atomic mass is 14.9. The molecule has 1 N–H and O–H groups in total. The zero-order valence-corrected chi connectivity index (χ0v) is 8.55. The van der Waals surface area contributed by atoms with E-state index >= 15 is 0 Å². The number of aryl methyl sites for hydroxylation is 1. The first-order chi connectivity index (χ1) is 6.29. The molecule has 0 aromatic carbocycles. The third kappa shape index (κ3) is 2.75. The number of pyridine rings is 1. The summed E-state index contributed by atoms with van der Waals surface area (Å²) in [7, 11) is 1.78. The van der Waals surface area contributed by atoms with Gasteiger partial charge in [-0.15, -0.1) is 0 Å². The van der Waals surface area contributed by atoms with Gasteiger partial charge in [0, 0.05) is 13.2 Å². The molecule has 0 aliphatic carbocycles. The van der Waals surface area contributed by atoms with E-state index in [4.69, 9.17) is 5.26 Å². The molecule has 0 spiro atoms. The Morgan fingerprint density at radius 3 is 2.46 bits per heavy atom. The molecule has 70 valence electrons. The minimum atomic E-state index is 0.451. The summed E-state index contributed by atoms with van der Waals surface area (Å²) in [6, 6.07) is 3.88. The zero-order valence-electron chi connectivity index (χ0n) is 8.55. The molecule has 13 heavy (non-hydrogen) atoms. The topological polar surface area (TPSA) is 48.7 Å². The van der Waals surface area contributed by atoms with Gasteiger partial charge in [-0.3, -0.25) is 0 Å². The van der Waals surface area contributed by atoms with Gasteiger partial charge in [0.25, 0.3) is 0 Å². The predicted octanol–water partition coefficient (Wildman–Crippen LogP) is 2.33. The van der Waals surface area contributed by atoms with Gasteiger partial charge in [0.2, 0.25) is 0 Å². The summed E-state index contributed by atoms with van der Waals surface area (Å²) < 4.78 is 0. The number of nitriles is 1. The van der Waals surface area contributed by atoms with Crippen LogP contribution in [-0.4, -0.2) is 12.0 Å². The fourth-order valence-electron chi connectivity index (χ4n) is 0.959. The Morgan fingerprint density at radius 2 is 2.08 bits per heavy atom. The molecule has 0 radical (unpaired) electrons. The minimum absolute atomic E-state index is 0.451. The highest BCUT2D eigenvalue weighted by molar-refractivity contribution is 5.58. The molecule has 0 saturated carbocycles. The van der Waals surface area contributed by atoms with Crippen molar-refractivity contribution in [2.75, 3.05) is 12.4 Å². The van der Waals surface area contributed by atoms with Crippen LogP contribution in [0.3, 0.4) is 0 Å². The number of anilines is 1. The molecule has 3 nitrogen and oxygen atoms in total. The summed E-state index contributed by atoms with van der Waals surface area (Å²) in [4.78, 5) is 3.91. The quantitative estimate of drug-likeness (QED) is 0.716. The van der Waals surface area contributed by atoms with Gasteiger partial charge in [0.05, 0.1) is 5.69 Å². The lowest BCUT2D eigenvalue weighted by Gasteiger charge is -2.04. The number of nitrogens with one attached hydrogen (secondary N) is 1. The molecule has 0 unspecified atom stereocenters. The SMILES string of the molecule is CC.CNc1c(C)ccnc1C#N. The van der Waals surface area contributed by atoms with Crippen molar-refractivity contribution in [1.29, 1.82) is 5.26 Å². The molecule has 0 saturated heterocycles. The lowest BCUT2D eigenvalue weighted by molar-refractivity contribution is 1.22. The fraction of sp³-hybridized carbons (Fsp3) is 0.400. The second-order valence-corrected chi connectivity index (χ2v) is 2.21. The number of hydrogen-bond acceptors (Lipinski definition) is 3. The summed E-state index contributed by atoms with van der Waals surface area (Å²) in [5.41, 5.74) is 2.31. The molecule has 1 heterocycles. The van der Waals surface area contributed by atoms with Crippen LogP contribution in [0.1, 0.15) is 25.1 Å². The Labute approximate surface area is 79.4 Å². The normalized spacial score (nSPS) is 7.92. The lowest BCUT2D eigenvalue weighted by atomic mass is 10.2. The lowest BCUT2D eigenvalue weighted by Crippen LogP contribution is -1.97. The Morgan fingerprint density at radius 1 is 1.46 bits per heavy atom. The van der Waals surface area contributed by atoms with E-state index in [2.05, 4.69) is 10.3 Å². The Hall–Kier alpha value is -1.56. The van der Waals surface area contributed by atoms with Crippen molar-refractivity contribution in [1.82, 2.24) is 4.98 Å². The molecule has 3 heteroatoms. The second-order valence-electron chi connectivity index (χ2n) is 2.21. The average Bonchev–Trinajstić information content (AvgIpc) is 2.20. The van der Waals surface area contributed by atoms with Crippen LogP contribution in [0.15, 0.2) is 12.3 Å². The van der Waals surface area contributed by atoms with Crippen molar-refractivity contribution >= 4 is 5.69 Å². The molecule has 0 aliphatic heterocycles. The van der Waals surface area contributed by atoms with Crippen LogP contribution in [0, 0.1) is 18.3 Å². The standard InChI is InChI=1S/C8H9N3.C2H6/c1-6-3-4-11-7(5-9)8(6)10-2;1-2/h3-4,10H,1-2H3;1-2H3. The second kappa shape index (κ2) is 6.01. The van der Waals surface area contributed by atoms with Crippen LogP contribution in [0.4, 0.5) is 5.69 Å². The van der Waals surface area contributed by atoms with E-state index in [1.165, 1.54) is 0 Å². The van der Waals surface area contributed by atoms with E-state index in [0.717, 1.165) is 11.3 Å². The van der Waals surface area contributed by atoms with Crippen molar-refractivity contribution in [2.24, 2.45) is 0 Å². The maximum absolute atomic E-state index is 8.62. The van der Waals surface area contributed by atoms with Crippen molar-refractivity contribution < 1.29 is 0 Å². The summed E-state index contributed by atoms with van der Waals surface area (Å²) in [6.07, 6.45) is 1.63. The van der Waals surface area contributed by atoms with Crippen LogP contribution < -0.4 is 5.32 Å². The van der Waals surface area contributed by atoms with Crippen LogP contribution in [-0.2, 0) is 0 Å². The summed E-state index contributed by atoms with van der Waals surface area (Å²) in [6.45, 7) is 5.94. The van der Waals surface area contributed by atoms with E-state index in [0.29, 0.717) is 5.69 Å². The minimum Gasteiger partial charge on any atom is -0.386 e. The van der Waals surface area contributed by atoms with Crippen LogP contribution in [0.25, 0.3) is 0 Å². The van der Waals surface area contributed by atoms with Crippen molar-refractivity contribution in [3.05, 3.63) is 23.5 Å². The van der Waals surface area contributed by atoms with Gasteiger partial charge in [-0.05, 0) is 18.6 Å². The van der Waals surface area contributed by atoms with E-state index in [1.54, 1.807) is 13.2 Å². The fourth-order valence-corrected chi connectivity index (χ4v) is 0.959. The molecule has 0 atom stereocenters. The van der Waals surface area contributed by atoms with Crippen LogP contribution in [0.5, 0.6) is 0 Å². The van der Waals surface area contributed by atoms with Crippen LogP contribution in [0.2, 0.25) is 0 Å². The van der Waals surface area contributed by atoms with Crippen molar-refractivity contribution in [3.8, 4) is 6.07 Å². The van der Waals surface area contributed by atoms with Gasteiger partial charge in [0.15, 0.2) is 5.69 Å². The molecule has 0 aliphatic rings. The monoisotopic (exact) mass is 177 g/mol. The zero-order chi connectivity index (χ0) is 10.3. The molecular formula is C10H15N3. The number of aromatic nitrogens is 1. The molecule has 1 rings (SSSR count).